The van der Waals surface area contributed by atoms with Crippen LogP contribution in [0.3, 0.4) is 0 Å². The van der Waals surface area contributed by atoms with Gasteiger partial charge in [-0.3, -0.25) is 4.79 Å². The number of nitriles is 1. The van der Waals surface area contributed by atoms with E-state index in [1.165, 1.54) is 0 Å². The van der Waals surface area contributed by atoms with Crippen LogP contribution >= 0.6 is 0 Å². The molecule has 2 N–H and O–H groups in total. The van der Waals surface area contributed by atoms with E-state index in [-0.39, 0.29) is 5.91 Å². The second kappa shape index (κ2) is 9.87. The molecule has 2 heterocycles. The summed E-state index contributed by atoms with van der Waals surface area (Å²) in [4.78, 5) is 18.3. The number of fused-ring (bicyclic) bond motifs is 1. The first-order valence-corrected chi connectivity index (χ1v) is 11.5. The standard InChI is InChI=1S/C28H24N6O3/c1-17-24(27(35)31-21-7-5-4-6-8-21)25(19-11-9-18(16-29)10-12-19)34-28(30-17)32-26(33-34)20-13-22(36-2)15-23(14-20)37-3/h4-15,25H,1-3H3,(H,31,35)(H,30,32,33). The molecule has 5 rings (SSSR count). The monoisotopic (exact) mass is 492 g/mol. The van der Waals surface area contributed by atoms with E-state index >= 15 is 0 Å². The summed E-state index contributed by atoms with van der Waals surface area (Å²) in [6.07, 6.45) is 0. The van der Waals surface area contributed by atoms with Crippen LogP contribution in [0.25, 0.3) is 11.4 Å². The maximum atomic E-state index is 13.6. The van der Waals surface area contributed by atoms with Gasteiger partial charge in [0.2, 0.25) is 5.95 Å². The lowest BCUT2D eigenvalue weighted by molar-refractivity contribution is -0.113. The molecule has 9 nitrogen and oxygen atoms in total. The molecule has 1 amide bonds. The van der Waals surface area contributed by atoms with Gasteiger partial charge in [0, 0.05) is 23.0 Å². The van der Waals surface area contributed by atoms with Gasteiger partial charge in [-0.15, -0.1) is 5.10 Å². The zero-order valence-electron chi connectivity index (χ0n) is 20.5. The van der Waals surface area contributed by atoms with Crippen molar-refractivity contribution in [2.24, 2.45) is 0 Å². The molecule has 1 aliphatic heterocycles. The number of carbonyl (C=O) groups is 1. The Balaban J connectivity index is 1.61. The van der Waals surface area contributed by atoms with E-state index in [9.17, 15) is 10.1 Å². The predicted octanol–water partition coefficient (Wildman–Crippen LogP) is 4.76. The van der Waals surface area contributed by atoms with Crippen molar-refractivity contribution in [3.63, 3.8) is 0 Å². The third kappa shape index (κ3) is 4.60. The summed E-state index contributed by atoms with van der Waals surface area (Å²) >= 11 is 0. The average Bonchev–Trinajstić information content (AvgIpc) is 3.36. The van der Waals surface area contributed by atoms with E-state index in [1.54, 1.807) is 37.1 Å². The Hall–Kier alpha value is -5.10. The van der Waals surface area contributed by atoms with Gasteiger partial charge in [0.1, 0.15) is 17.5 Å². The molecule has 0 saturated carbocycles. The lowest BCUT2D eigenvalue weighted by Gasteiger charge is -2.28. The quantitative estimate of drug-likeness (QED) is 0.399. The maximum absolute atomic E-state index is 13.6. The van der Waals surface area contributed by atoms with Gasteiger partial charge >= 0.3 is 0 Å². The minimum atomic E-state index is -0.582. The Kier molecular flexibility index (Phi) is 6.31. The van der Waals surface area contributed by atoms with Crippen molar-refractivity contribution in [1.29, 1.82) is 5.26 Å². The van der Waals surface area contributed by atoms with Crippen molar-refractivity contribution in [2.75, 3.05) is 24.9 Å². The summed E-state index contributed by atoms with van der Waals surface area (Å²) in [5, 5.41) is 20.3. The number of benzene rings is 3. The Bertz CT molecular complexity index is 1510. The van der Waals surface area contributed by atoms with Gasteiger partial charge in [0.15, 0.2) is 5.82 Å². The number of para-hydroxylation sites is 1. The molecule has 0 saturated heterocycles. The first-order chi connectivity index (χ1) is 18.0. The molecule has 184 valence electrons. The number of nitrogens with one attached hydrogen (secondary N) is 2. The smallest absolute Gasteiger partial charge is 0.255 e. The summed E-state index contributed by atoms with van der Waals surface area (Å²) in [7, 11) is 3.16. The number of allylic oxidation sites excluding steroid dienone is 1. The van der Waals surface area contributed by atoms with Crippen LogP contribution in [0.15, 0.2) is 84.1 Å². The van der Waals surface area contributed by atoms with Crippen LogP contribution in [0.5, 0.6) is 11.5 Å². The normalized spacial score (nSPS) is 14.3. The summed E-state index contributed by atoms with van der Waals surface area (Å²) in [6, 6.07) is 23.4. The van der Waals surface area contributed by atoms with Gasteiger partial charge in [0.25, 0.3) is 5.91 Å². The van der Waals surface area contributed by atoms with Crippen LogP contribution in [-0.2, 0) is 4.79 Å². The second-order valence-electron chi connectivity index (χ2n) is 8.43. The van der Waals surface area contributed by atoms with Crippen molar-refractivity contribution in [2.45, 2.75) is 13.0 Å². The molecule has 1 atom stereocenters. The highest BCUT2D eigenvalue weighted by molar-refractivity contribution is 6.06. The number of ether oxygens (including phenoxy) is 2. The minimum absolute atomic E-state index is 0.267. The van der Waals surface area contributed by atoms with Gasteiger partial charge in [-0.2, -0.15) is 10.2 Å². The lowest BCUT2D eigenvalue weighted by atomic mass is 9.94. The first kappa shape index (κ1) is 23.6. The first-order valence-electron chi connectivity index (χ1n) is 11.5. The molecule has 0 spiro atoms. The maximum Gasteiger partial charge on any atom is 0.255 e. The van der Waals surface area contributed by atoms with E-state index < -0.39 is 6.04 Å². The molecule has 1 aromatic heterocycles. The largest absolute Gasteiger partial charge is 0.497 e. The summed E-state index contributed by atoms with van der Waals surface area (Å²) < 4.78 is 12.5. The van der Waals surface area contributed by atoms with Gasteiger partial charge in [-0.25, -0.2) is 4.68 Å². The van der Waals surface area contributed by atoms with E-state index in [0.717, 1.165) is 5.56 Å². The highest BCUT2D eigenvalue weighted by Crippen LogP contribution is 2.38. The summed E-state index contributed by atoms with van der Waals surface area (Å²) in [5.41, 5.74) is 3.83. The SMILES string of the molecule is COc1cc(OC)cc(-c2nc3n(n2)C(c2ccc(C#N)cc2)C(C(=O)Nc2ccccc2)=C(C)N3)c1. The van der Waals surface area contributed by atoms with Crippen molar-refractivity contribution in [3.05, 3.63) is 95.2 Å². The Morgan fingerprint density at radius 3 is 2.32 bits per heavy atom. The number of aromatic nitrogens is 3. The molecule has 0 bridgehead atoms. The van der Waals surface area contributed by atoms with Crippen LogP contribution in [0.2, 0.25) is 0 Å². The Morgan fingerprint density at radius 2 is 1.70 bits per heavy atom. The Labute approximate surface area is 214 Å². The van der Waals surface area contributed by atoms with Crippen LogP contribution in [0.1, 0.15) is 24.1 Å². The summed E-state index contributed by atoms with van der Waals surface area (Å²) in [5.74, 6) is 1.87. The third-order valence-electron chi connectivity index (χ3n) is 6.09. The van der Waals surface area contributed by atoms with Gasteiger partial charge in [0.05, 0.1) is 31.4 Å². The molecule has 0 fully saturated rings. The molecule has 9 heteroatoms. The van der Waals surface area contributed by atoms with Crippen molar-refractivity contribution in [3.8, 4) is 29.0 Å². The Morgan fingerprint density at radius 1 is 1.03 bits per heavy atom. The molecule has 4 aromatic rings. The lowest BCUT2D eigenvalue weighted by Crippen LogP contribution is -2.31. The molecule has 1 aliphatic rings. The highest BCUT2D eigenvalue weighted by atomic mass is 16.5. The second-order valence-corrected chi connectivity index (χ2v) is 8.43. The number of nitrogens with zero attached hydrogens (tertiary/aromatic N) is 4. The minimum Gasteiger partial charge on any atom is -0.497 e. The summed E-state index contributed by atoms with van der Waals surface area (Å²) in [6.45, 7) is 1.84. The molecule has 0 radical (unpaired) electrons. The third-order valence-corrected chi connectivity index (χ3v) is 6.09. The fraction of sp³-hybridized carbons (Fsp3) is 0.143. The number of hydrogen-bond acceptors (Lipinski definition) is 7. The van der Waals surface area contributed by atoms with Gasteiger partial charge < -0.3 is 20.1 Å². The predicted molar refractivity (Wildman–Crippen MR) is 139 cm³/mol. The van der Waals surface area contributed by atoms with Crippen LogP contribution < -0.4 is 20.1 Å². The van der Waals surface area contributed by atoms with E-state index in [2.05, 4.69) is 16.7 Å². The van der Waals surface area contributed by atoms with Crippen molar-refractivity contribution in [1.82, 2.24) is 14.8 Å². The van der Waals surface area contributed by atoms with E-state index in [1.807, 2.05) is 61.5 Å². The topological polar surface area (TPSA) is 114 Å². The fourth-order valence-electron chi connectivity index (χ4n) is 4.27. The number of amides is 1. The number of rotatable bonds is 6. The van der Waals surface area contributed by atoms with E-state index in [4.69, 9.17) is 19.6 Å². The fourth-order valence-corrected chi connectivity index (χ4v) is 4.27. The van der Waals surface area contributed by atoms with Crippen molar-refractivity contribution >= 4 is 17.5 Å². The zero-order chi connectivity index (χ0) is 25.9. The molecule has 1 unspecified atom stereocenters. The molecular weight excluding hydrogens is 468 g/mol. The highest BCUT2D eigenvalue weighted by Gasteiger charge is 2.34. The van der Waals surface area contributed by atoms with Gasteiger partial charge in [-0.05, 0) is 48.9 Å². The van der Waals surface area contributed by atoms with Crippen LogP contribution in [0.4, 0.5) is 11.6 Å². The number of anilines is 2. The van der Waals surface area contributed by atoms with Crippen molar-refractivity contribution < 1.29 is 14.3 Å². The number of carbonyl (C=O) groups excluding carboxylic acids is 1. The van der Waals surface area contributed by atoms with Crippen LogP contribution in [0, 0.1) is 11.3 Å². The van der Waals surface area contributed by atoms with E-state index in [0.29, 0.717) is 51.4 Å². The zero-order valence-corrected chi connectivity index (χ0v) is 20.5. The van der Waals surface area contributed by atoms with Gasteiger partial charge in [-0.1, -0.05) is 30.3 Å². The number of methoxy groups -OCH3 is 2. The molecule has 3 aromatic carbocycles. The molecular formula is C28H24N6O3. The van der Waals surface area contributed by atoms with Crippen LogP contribution in [-0.4, -0.2) is 34.9 Å². The number of hydrogen-bond donors (Lipinski definition) is 2. The molecule has 0 aliphatic carbocycles. The average molecular weight is 493 g/mol. The molecule has 37 heavy (non-hydrogen) atoms.